The molecule has 0 radical (unpaired) electrons. The third kappa shape index (κ3) is 3.44. The van der Waals surface area contributed by atoms with Gasteiger partial charge in [-0.1, -0.05) is 13.3 Å². The van der Waals surface area contributed by atoms with E-state index in [1.54, 1.807) is 0 Å². The molecule has 1 aliphatic rings. The van der Waals surface area contributed by atoms with Crippen LogP contribution in [0.1, 0.15) is 47.0 Å². The summed E-state index contributed by atoms with van der Waals surface area (Å²) in [5.41, 5.74) is 0. The van der Waals surface area contributed by atoms with Crippen molar-refractivity contribution in [3.05, 3.63) is 0 Å². The number of piperidine rings is 1. The Bertz CT molecular complexity index is 196. The molecule has 3 heteroatoms. The van der Waals surface area contributed by atoms with Gasteiger partial charge in [0.1, 0.15) is 0 Å². The maximum Gasteiger partial charge on any atom is 0.0664 e. The first-order valence-corrected chi connectivity index (χ1v) is 6.75. The van der Waals surface area contributed by atoms with Crippen molar-refractivity contribution in [1.29, 1.82) is 0 Å². The van der Waals surface area contributed by atoms with E-state index in [4.69, 9.17) is 0 Å². The normalized spacial score (nSPS) is 28.7. The van der Waals surface area contributed by atoms with E-state index in [9.17, 15) is 5.11 Å². The molecule has 1 aliphatic heterocycles. The number of aliphatic hydroxyl groups excluding tert-OH is 1. The number of rotatable bonds is 5. The molecule has 4 atom stereocenters. The van der Waals surface area contributed by atoms with Crippen LogP contribution in [-0.2, 0) is 0 Å². The van der Waals surface area contributed by atoms with Crippen LogP contribution in [0.5, 0.6) is 0 Å². The molecule has 1 heterocycles. The zero-order valence-corrected chi connectivity index (χ0v) is 11.2. The van der Waals surface area contributed by atoms with Gasteiger partial charge in [-0.25, -0.2) is 0 Å². The SMILES string of the molecule is CCNC(C)C1CCCCN1C(C)C(C)O. The predicted octanol–water partition coefficient (Wildman–Crippen LogP) is 1.61. The Morgan fingerprint density at radius 1 is 1.31 bits per heavy atom. The van der Waals surface area contributed by atoms with Gasteiger partial charge in [-0.2, -0.15) is 0 Å². The Labute approximate surface area is 100 Å². The largest absolute Gasteiger partial charge is 0.392 e. The molecule has 4 unspecified atom stereocenters. The molecule has 0 aliphatic carbocycles. The van der Waals surface area contributed by atoms with E-state index in [0.29, 0.717) is 12.1 Å². The first-order chi connectivity index (χ1) is 7.57. The number of hydrogen-bond donors (Lipinski definition) is 2. The molecular weight excluding hydrogens is 200 g/mol. The fourth-order valence-corrected chi connectivity index (χ4v) is 2.76. The van der Waals surface area contributed by atoms with Crippen LogP contribution in [0.3, 0.4) is 0 Å². The minimum Gasteiger partial charge on any atom is -0.392 e. The zero-order chi connectivity index (χ0) is 12.1. The van der Waals surface area contributed by atoms with Gasteiger partial charge in [0, 0.05) is 18.1 Å². The van der Waals surface area contributed by atoms with Crippen molar-refractivity contribution in [1.82, 2.24) is 10.2 Å². The number of hydrogen-bond acceptors (Lipinski definition) is 3. The number of nitrogens with one attached hydrogen (secondary N) is 1. The molecule has 3 nitrogen and oxygen atoms in total. The summed E-state index contributed by atoms with van der Waals surface area (Å²) in [4.78, 5) is 2.49. The lowest BCUT2D eigenvalue weighted by Crippen LogP contribution is -2.56. The lowest BCUT2D eigenvalue weighted by molar-refractivity contribution is 0.0142. The number of likely N-dealkylation sites (N-methyl/N-ethyl adjacent to an activating group) is 1. The van der Waals surface area contributed by atoms with Crippen LogP contribution >= 0.6 is 0 Å². The van der Waals surface area contributed by atoms with E-state index in [1.807, 2.05) is 6.92 Å². The number of nitrogens with zero attached hydrogens (tertiary/aromatic N) is 1. The predicted molar refractivity (Wildman–Crippen MR) is 68.6 cm³/mol. The van der Waals surface area contributed by atoms with Gasteiger partial charge in [0.25, 0.3) is 0 Å². The second-order valence-electron chi connectivity index (χ2n) is 5.13. The monoisotopic (exact) mass is 228 g/mol. The van der Waals surface area contributed by atoms with Crippen LogP contribution < -0.4 is 5.32 Å². The molecule has 0 saturated carbocycles. The van der Waals surface area contributed by atoms with E-state index in [2.05, 4.69) is 31.0 Å². The lowest BCUT2D eigenvalue weighted by atomic mass is 9.94. The van der Waals surface area contributed by atoms with E-state index < -0.39 is 0 Å². The van der Waals surface area contributed by atoms with Crippen LogP contribution in [0.2, 0.25) is 0 Å². The quantitative estimate of drug-likeness (QED) is 0.750. The van der Waals surface area contributed by atoms with Crippen molar-refractivity contribution in [3.8, 4) is 0 Å². The van der Waals surface area contributed by atoms with Gasteiger partial charge in [-0.05, 0) is 46.7 Å². The van der Waals surface area contributed by atoms with E-state index in [1.165, 1.54) is 19.3 Å². The highest BCUT2D eigenvalue weighted by Crippen LogP contribution is 2.23. The van der Waals surface area contributed by atoms with Crippen LogP contribution in [0.4, 0.5) is 0 Å². The first kappa shape index (κ1) is 13.9. The smallest absolute Gasteiger partial charge is 0.0664 e. The Hall–Kier alpha value is -0.120. The molecule has 0 aromatic heterocycles. The maximum absolute atomic E-state index is 9.74. The molecule has 0 aromatic carbocycles. The van der Waals surface area contributed by atoms with Gasteiger partial charge in [-0.3, -0.25) is 4.90 Å². The van der Waals surface area contributed by atoms with Gasteiger partial charge in [0.15, 0.2) is 0 Å². The van der Waals surface area contributed by atoms with Crippen LogP contribution in [0.25, 0.3) is 0 Å². The van der Waals surface area contributed by atoms with Crippen LogP contribution in [0, 0.1) is 0 Å². The summed E-state index contributed by atoms with van der Waals surface area (Å²) in [6.07, 6.45) is 3.61. The van der Waals surface area contributed by atoms with Gasteiger partial charge >= 0.3 is 0 Å². The maximum atomic E-state index is 9.74. The van der Waals surface area contributed by atoms with Crippen LogP contribution in [-0.4, -0.2) is 47.3 Å². The standard InChI is InChI=1S/C13H28N2O/c1-5-14-10(2)13-8-6-7-9-15(13)11(3)12(4)16/h10-14,16H,5-9H2,1-4H3. The van der Waals surface area contributed by atoms with Crippen molar-refractivity contribution >= 4 is 0 Å². The summed E-state index contributed by atoms with van der Waals surface area (Å²) in [7, 11) is 0. The number of aliphatic hydroxyl groups is 1. The molecule has 16 heavy (non-hydrogen) atoms. The average Bonchev–Trinajstić information content (AvgIpc) is 2.28. The Balaban J connectivity index is 2.63. The van der Waals surface area contributed by atoms with Crippen molar-refractivity contribution in [2.24, 2.45) is 0 Å². The molecule has 0 spiro atoms. The highest BCUT2D eigenvalue weighted by Gasteiger charge is 2.31. The van der Waals surface area contributed by atoms with Crippen molar-refractivity contribution in [3.63, 3.8) is 0 Å². The minimum atomic E-state index is -0.241. The second kappa shape index (κ2) is 6.58. The van der Waals surface area contributed by atoms with E-state index in [0.717, 1.165) is 13.1 Å². The summed E-state index contributed by atoms with van der Waals surface area (Å²) < 4.78 is 0. The summed E-state index contributed by atoms with van der Waals surface area (Å²) in [6.45, 7) is 10.6. The average molecular weight is 228 g/mol. The fourth-order valence-electron chi connectivity index (χ4n) is 2.76. The van der Waals surface area contributed by atoms with Gasteiger partial charge in [0.2, 0.25) is 0 Å². The molecular formula is C13H28N2O. The highest BCUT2D eigenvalue weighted by atomic mass is 16.3. The molecule has 0 bridgehead atoms. The molecule has 96 valence electrons. The fraction of sp³-hybridized carbons (Fsp3) is 1.00. The molecule has 0 aromatic rings. The van der Waals surface area contributed by atoms with Crippen LogP contribution in [0.15, 0.2) is 0 Å². The summed E-state index contributed by atoms with van der Waals surface area (Å²) >= 11 is 0. The molecule has 1 rings (SSSR count). The van der Waals surface area contributed by atoms with Crippen molar-refractivity contribution in [2.45, 2.75) is 71.2 Å². The number of likely N-dealkylation sites (tertiary alicyclic amines) is 1. The molecule has 1 saturated heterocycles. The topological polar surface area (TPSA) is 35.5 Å². The van der Waals surface area contributed by atoms with Gasteiger partial charge < -0.3 is 10.4 Å². The Morgan fingerprint density at radius 2 is 2.00 bits per heavy atom. The molecule has 1 fully saturated rings. The highest BCUT2D eigenvalue weighted by molar-refractivity contribution is 4.88. The first-order valence-electron chi connectivity index (χ1n) is 6.75. The third-order valence-corrected chi connectivity index (χ3v) is 3.92. The van der Waals surface area contributed by atoms with Crippen molar-refractivity contribution < 1.29 is 5.11 Å². The summed E-state index contributed by atoms with van der Waals surface area (Å²) in [5, 5.41) is 13.3. The van der Waals surface area contributed by atoms with E-state index >= 15 is 0 Å². The lowest BCUT2D eigenvalue weighted by Gasteiger charge is -2.44. The van der Waals surface area contributed by atoms with E-state index in [-0.39, 0.29) is 12.1 Å². The molecule has 0 amide bonds. The Morgan fingerprint density at radius 3 is 2.56 bits per heavy atom. The minimum absolute atomic E-state index is 0.241. The van der Waals surface area contributed by atoms with Gasteiger partial charge in [0.05, 0.1) is 6.10 Å². The second-order valence-corrected chi connectivity index (χ2v) is 5.13. The Kier molecular flexibility index (Phi) is 5.73. The zero-order valence-electron chi connectivity index (χ0n) is 11.2. The molecule has 2 N–H and O–H groups in total. The summed E-state index contributed by atoms with van der Waals surface area (Å²) in [5.74, 6) is 0. The third-order valence-electron chi connectivity index (χ3n) is 3.92. The van der Waals surface area contributed by atoms with Crippen molar-refractivity contribution in [2.75, 3.05) is 13.1 Å². The summed E-state index contributed by atoms with van der Waals surface area (Å²) in [6, 6.07) is 1.37. The van der Waals surface area contributed by atoms with Gasteiger partial charge in [-0.15, -0.1) is 0 Å².